The quantitative estimate of drug-likeness (QED) is 0.597. The van der Waals surface area contributed by atoms with Gasteiger partial charge in [-0.05, 0) is 60.3 Å². The van der Waals surface area contributed by atoms with E-state index in [2.05, 4.69) is 49.4 Å². The lowest BCUT2D eigenvalue weighted by atomic mass is 10.2. The minimum Gasteiger partial charge on any atom is -0.152 e. The van der Waals surface area contributed by atoms with Gasteiger partial charge in [-0.3, -0.25) is 0 Å². The average Bonchev–Trinajstić information content (AvgIpc) is 2.76. The predicted octanol–water partition coefficient (Wildman–Crippen LogP) is 5.66. The summed E-state index contributed by atoms with van der Waals surface area (Å²) in [6, 6.07) is 4.12. The van der Waals surface area contributed by atoms with Crippen molar-refractivity contribution in [1.82, 2.24) is 0 Å². The van der Waals surface area contributed by atoms with Crippen LogP contribution in [0.5, 0.6) is 0 Å². The van der Waals surface area contributed by atoms with E-state index in [1.165, 1.54) is 0 Å². The van der Waals surface area contributed by atoms with Gasteiger partial charge in [-0.15, -0.1) is 22.9 Å². The van der Waals surface area contributed by atoms with Crippen molar-refractivity contribution in [1.29, 1.82) is 0 Å². The number of hydrogen-bond acceptors (Lipinski definition) is 2. The van der Waals surface area contributed by atoms with E-state index in [4.69, 9.17) is 11.6 Å². The van der Waals surface area contributed by atoms with Crippen molar-refractivity contribution in [2.75, 3.05) is 0 Å². The molecule has 0 N–H and O–H groups in total. The third kappa shape index (κ3) is 2.25. The molecule has 0 radical (unpaired) electrons. The zero-order valence-electron chi connectivity index (χ0n) is 6.84. The molecule has 0 saturated heterocycles. The monoisotopic (exact) mass is 370 g/mol. The summed E-state index contributed by atoms with van der Waals surface area (Å²) in [5.41, 5.74) is 1.16. The summed E-state index contributed by atoms with van der Waals surface area (Å²) in [6.45, 7) is 0. The molecule has 5 heteroatoms. The molecule has 1 atom stereocenters. The van der Waals surface area contributed by atoms with Gasteiger partial charge in [0.25, 0.3) is 0 Å². The minimum absolute atomic E-state index is 0.0335. The zero-order valence-corrected chi connectivity index (χ0v) is 12.4. The highest BCUT2D eigenvalue weighted by Gasteiger charge is 2.15. The Morgan fingerprint density at radius 2 is 2.14 bits per heavy atom. The molecular weight excluding hydrogens is 367 g/mol. The van der Waals surface area contributed by atoms with Crippen molar-refractivity contribution in [3.8, 4) is 0 Å². The molecule has 0 amide bonds. The van der Waals surface area contributed by atoms with E-state index in [0.717, 1.165) is 18.7 Å². The van der Waals surface area contributed by atoms with E-state index in [1.54, 1.807) is 22.7 Å². The molecule has 2 heterocycles. The summed E-state index contributed by atoms with van der Waals surface area (Å²) >= 11 is 16.6. The fraction of sp³-hybridized carbons (Fsp3) is 0.111. The first-order valence-corrected chi connectivity index (χ1v) is 7.57. The maximum Gasteiger partial charge on any atom is 0.0936 e. The SMILES string of the molecule is ClC(c1ccsc1)c1cc(Br)c(Br)s1. The van der Waals surface area contributed by atoms with Crippen LogP contribution in [0.2, 0.25) is 0 Å². The van der Waals surface area contributed by atoms with E-state index < -0.39 is 0 Å². The molecule has 14 heavy (non-hydrogen) atoms. The third-order valence-electron chi connectivity index (χ3n) is 1.75. The fourth-order valence-corrected chi connectivity index (χ4v) is 4.26. The van der Waals surface area contributed by atoms with Gasteiger partial charge in [-0.1, -0.05) is 0 Å². The Bertz CT molecular complexity index is 402. The van der Waals surface area contributed by atoms with Crippen LogP contribution in [0.4, 0.5) is 0 Å². The number of alkyl halides is 1. The molecule has 0 nitrogen and oxygen atoms in total. The average molecular weight is 373 g/mol. The van der Waals surface area contributed by atoms with Crippen LogP contribution in [-0.2, 0) is 0 Å². The summed E-state index contributed by atoms with van der Waals surface area (Å²) < 4.78 is 2.16. The highest BCUT2D eigenvalue weighted by molar-refractivity contribution is 9.13. The van der Waals surface area contributed by atoms with E-state index in [1.807, 2.05) is 5.38 Å². The second-order valence-corrected chi connectivity index (χ2v) is 7.16. The Morgan fingerprint density at radius 1 is 1.36 bits per heavy atom. The molecule has 2 rings (SSSR count). The second-order valence-electron chi connectivity index (χ2n) is 2.69. The van der Waals surface area contributed by atoms with Crippen LogP contribution in [0.3, 0.4) is 0 Å². The molecule has 0 aliphatic heterocycles. The van der Waals surface area contributed by atoms with Crippen LogP contribution in [0, 0.1) is 0 Å². The molecular formula is C9H5Br2ClS2. The molecule has 0 bridgehead atoms. The highest BCUT2D eigenvalue weighted by Crippen LogP contribution is 2.40. The molecule has 0 fully saturated rings. The first-order valence-electron chi connectivity index (χ1n) is 3.79. The standard InChI is InChI=1S/C9H5Br2ClS2/c10-6-3-7(14-9(6)11)8(12)5-1-2-13-4-5/h1-4,8H. The summed E-state index contributed by atoms with van der Waals surface area (Å²) in [7, 11) is 0. The van der Waals surface area contributed by atoms with Crippen LogP contribution in [-0.4, -0.2) is 0 Å². The molecule has 74 valence electrons. The molecule has 0 saturated carbocycles. The summed E-state index contributed by atoms with van der Waals surface area (Å²) in [6.07, 6.45) is 0. The van der Waals surface area contributed by atoms with Crippen molar-refractivity contribution >= 4 is 66.1 Å². The van der Waals surface area contributed by atoms with E-state index in [9.17, 15) is 0 Å². The van der Waals surface area contributed by atoms with Gasteiger partial charge in [0.15, 0.2) is 0 Å². The van der Waals surface area contributed by atoms with E-state index in [0.29, 0.717) is 0 Å². The van der Waals surface area contributed by atoms with Gasteiger partial charge in [-0.2, -0.15) is 11.3 Å². The first-order chi connectivity index (χ1) is 6.68. The number of thiophene rings is 2. The van der Waals surface area contributed by atoms with Crippen LogP contribution in [0.15, 0.2) is 31.2 Å². The summed E-state index contributed by atoms with van der Waals surface area (Å²) in [5, 5.41) is 4.09. The smallest absolute Gasteiger partial charge is 0.0936 e. The van der Waals surface area contributed by atoms with E-state index in [-0.39, 0.29) is 5.38 Å². The number of rotatable bonds is 2. The second kappa shape index (κ2) is 4.66. The third-order valence-corrected chi connectivity index (χ3v) is 6.39. The van der Waals surface area contributed by atoms with Crippen molar-refractivity contribution in [2.45, 2.75) is 5.38 Å². The summed E-state index contributed by atoms with van der Waals surface area (Å²) in [5.74, 6) is 0. The van der Waals surface area contributed by atoms with Gasteiger partial charge in [0.05, 0.1) is 9.16 Å². The van der Waals surface area contributed by atoms with Crippen LogP contribution >= 0.6 is 66.1 Å². The maximum atomic E-state index is 6.33. The van der Waals surface area contributed by atoms with Gasteiger partial charge in [0.2, 0.25) is 0 Å². The van der Waals surface area contributed by atoms with Gasteiger partial charge in [0.1, 0.15) is 0 Å². The van der Waals surface area contributed by atoms with Gasteiger partial charge < -0.3 is 0 Å². The fourth-order valence-electron chi connectivity index (χ4n) is 1.07. The predicted molar refractivity (Wildman–Crippen MR) is 71.7 cm³/mol. The van der Waals surface area contributed by atoms with Crippen molar-refractivity contribution in [3.63, 3.8) is 0 Å². The number of halogens is 3. The topological polar surface area (TPSA) is 0 Å². The van der Waals surface area contributed by atoms with Gasteiger partial charge >= 0.3 is 0 Å². The largest absolute Gasteiger partial charge is 0.152 e. The molecule has 1 unspecified atom stereocenters. The maximum absolute atomic E-state index is 6.33. The number of hydrogen-bond donors (Lipinski definition) is 0. The molecule has 2 aromatic rings. The normalized spacial score (nSPS) is 13.1. The van der Waals surface area contributed by atoms with Crippen molar-refractivity contribution in [3.05, 3.63) is 41.6 Å². The van der Waals surface area contributed by atoms with Crippen molar-refractivity contribution in [2.24, 2.45) is 0 Å². The lowest BCUT2D eigenvalue weighted by molar-refractivity contribution is 1.20. The molecule has 0 aliphatic carbocycles. The van der Waals surface area contributed by atoms with E-state index >= 15 is 0 Å². The van der Waals surface area contributed by atoms with Crippen LogP contribution in [0.25, 0.3) is 0 Å². The molecule has 2 aromatic heterocycles. The van der Waals surface area contributed by atoms with Crippen LogP contribution < -0.4 is 0 Å². The lowest BCUT2D eigenvalue weighted by Crippen LogP contribution is -1.85. The molecule has 0 aliphatic rings. The lowest BCUT2D eigenvalue weighted by Gasteiger charge is -2.02. The Morgan fingerprint density at radius 3 is 2.64 bits per heavy atom. The van der Waals surface area contributed by atoms with Gasteiger partial charge in [0, 0.05) is 9.35 Å². The minimum atomic E-state index is -0.0335. The van der Waals surface area contributed by atoms with Crippen LogP contribution in [0.1, 0.15) is 15.8 Å². The van der Waals surface area contributed by atoms with Gasteiger partial charge in [-0.25, -0.2) is 0 Å². The Balaban J connectivity index is 2.32. The summed E-state index contributed by atoms with van der Waals surface area (Å²) in [4.78, 5) is 1.16. The van der Waals surface area contributed by atoms with Crippen molar-refractivity contribution < 1.29 is 0 Å². The molecule has 0 spiro atoms. The highest BCUT2D eigenvalue weighted by atomic mass is 79.9. The Labute approximate surface area is 112 Å². The Kier molecular flexibility index (Phi) is 3.71. The first kappa shape index (κ1) is 11.1. The zero-order chi connectivity index (χ0) is 10.1. The molecule has 0 aromatic carbocycles. The Hall–Kier alpha value is 0.650.